The smallest absolute Gasteiger partial charge is 0.378 e. The lowest BCUT2D eigenvalue weighted by Gasteiger charge is -2.47. The van der Waals surface area contributed by atoms with Crippen LogP contribution in [0.4, 0.5) is 22.0 Å². The van der Waals surface area contributed by atoms with Crippen LogP contribution in [0.15, 0.2) is 24.5 Å². The van der Waals surface area contributed by atoms with Crippen molar-refractivity contribution in [1.82, 2.24) is 24.6 Å². The van der Waals surface area contributed by atoms with Crippen LogP contribution in [0.3, 0.4) is 0 Å². The summed E-state index contributed by atoms with van der Waals surface area (Å²) in [5, 5.41) is 4.59. The van der Waals surface area contributed by atoms with Gasteiger partial charge in [-0.25, -0.2) is 13.8 Å². The molecule has 6 nitrogen and oxygen atoms in total. The van der Waals surface area contributed by atoms with Crippen LogP contribution < -0.4 is 0 Å². The molecule has 6 rings (SSSR count). The molecular formula is C22H22F5N5O. The highest BCUT2D eigenvalue weighted by Crippen LogP contribution is 2.44. The maximum Gasteiger partial charge on any atom is 0.418 e. The highest BCUT2D eigenvalue weighted by atomic mass is 19.4. The topological polar surface area (TPSA) is 59.0 Å². The summed E-state index contributed by atoms with van der Waals surface area (Å²) in [6.07, 6.45) is -2.28. The van der Waals surface area contributed by atoms with E-state index in [1.807, 2.05) is 6.07 Å². The third kappa shape index (κ3) is 3.61. The molecule has 0 radical (unpaired) electrons. The summed E-state index contributed by atoms with van der Waals surface area (Å²) < 4.78 is 75.0. The van der Waals surface area contributed by atoms with Gasteiger partial charge in [0.15, 0.2) is 0 Å². The Bertz CT molecular complexity index is 1190. The summed E-state index contributed by atoms with van der Waals surface area (Å²) in [4.78, 5) is 8.99. The minimum Gasteiger partial charge on any atom is -0.378 e. The minimum atomic E-state index is -4.51. The van der Waals surface area contributed by atoms with Crippen LogP contribution >= 0.6 is 0 Å². The number of hydrogen-bond acceptors (Lipinski definition) is 4. The lowest BCUT2D eigenvalue weighted by atomic mass is 9.92. The molecule has 1 atom stereocenters. The molecule has 2 aliphatic heterocycles. The number of aromatic nitrogens is 4. The van der Waals surface area contributed by atoms with Crippen molar-refractivity contribution in [3.05, 3.63) is 35.8 Å². The predicted octanol–water partition coefficient (Wildman–Crippen LogP) is 4.60. The molecule has 1 saturated carbocycles. The summed E-state index contributed by atoms with van der Waals surface area (Å²) in [6, 6.07) is 3.21. The second kappa shape index (κ2) is 7.23. The molecule has 1 unspecified atom stereocenters. The second-order valence-corrected chi connectivity index (χ2v) is 9.31. The van der Waals surface area contributed by atoms with E-state index in [2.05, 4.69) is 20.0 Å². The van der Waals surface area contributed by atoms with E-state index in [1.165, 1.54) is 12.3 Å². The lowest BCUT2D eigenvalue weighted by molar-refractivity contribution is -0.136. The van der Waals surface area contributed by atoms with Crippen LogP contribution in [-0.4, -0.2) is 62.9 Å². The van der Waals surface area contributed by atoms with Crippen molar-refractivity contribution in [2.75, 3.05) is 26.3 Å². The number of pyridine rings is 1. The number of nitrogens with zero attached hydrogens (tertiary/aromatic N) is 4. The number of aromatic amines is 1. The molecule has 176 valence electrons. The van der Waals surface area contributed by atoms with Gasteiger partial charge in [-0.15, -0.1) is 0 Å². The summed E-state index contributed by atoms with van der Waals surface area (Å²) in [5.74, 6) is -2.59. The van der Waals surface area contributed by atoms with Crippen molar-refractivity contribution >= 4 is 11.0 Å². The third-order valence-electron chi connectivity index (χ3n) is 7.09. The number of H-pyrrole nitrogens is 1. The Morgan fingerprint density at radius 1 is 1.12 bits per heavy atom. The third-order valence-corrected chi connectivity index (χ3v) is 7.09. The standard InChI is InChI=1S/C22H22F5N5O/c23-21(24)2-1-14(5-21)32-19(13-8-31(9-13)15-10-33-11-15)4-18(30-32)12-3-16-17(22(25,26)27)7-29-20(16)28-6-12/h3-4,6-7,13-15H,1-2,5,8-11H2,(H,28,29). The number of fused-ring (bicyclic) bond motifs is 1. The van der Waals surface area contributed by atoms with E-state index >= 15 is 0 Å². The number of rotatable bonds is 4. The fourth-order valence-electron chi connectivity index (χ4n) is 5.09. The fraction of sp³-hybridized carbons (Fsp3) is 0.545. The monoisotopic (exact) mass is 467 g/mol. The molecule has 5 heterocycles. The summed E-state index contributed by atoms with van der Waals surface area (Å²) in [6.45, 7) is 2.98. The van der Waals surface area contributed by atoms with E-state index in [0.29, 0.717) is 36.9 Å². The van der Waals surface area contributed by atoms with Gasteiger partial charge in [-0.1, -0.05) is 0 Å². The van der Waals surface area contributed by atoms with E-state index < -0.39 is 23.7 Å². The maximum absolute atomic E-state index is 14.0. The molecule has 0 bridgehead atoms. The quantitative estimate of drug-likeness (QED) is 0.570. The first-order chi connectivity index (χ1) is 15.7. The van der Waals surface area contributed by atoms with Gasteiger partial charge < -0.3 is 9.72 Å². The van der Waals surface area contributed by atoms with Gasteiger partial charge >= 0.3 is 6.18 Å². The van der Waals surface area contributed by atoms with Crippen LogP contribution in [0.25, 0.3) is 22.3 Å². The van der Waals surface area contributed by atoms with Crippen LogP contribution in [0.1, 0.15) is 42.5 Å². The Morgan fingerprint density at radius 3 is 2.55 bits per heavy atom. The van der Waals surface area contributed by atoms with Crippen LogP contribution in [0.5, 0.6) is 0 Å². The van der Waals surface area contributed by atoms with E-state index in [9.17, 15) is 22.0 Å². The molecule has 33 heavy (non-hydrogen) atoms. The van der Waals surface area contributed by atoms with Crippen LogP contribution in [0.2, 0.25) is 0 Å². The van der Waals surface area contributed by atoms with Gasteiger partial charge in [0, 0.05) is 60.9 Å². The molecular weight excluding hydrogens is 445 g/mol. The molecule has 11 heteroatoms. The van der Waals surface area contributed by atoms with Crippen LogP contribution in [-0.2, 0) is 10.9 Å². The predicted molar refractivity (Wildman–Crippen MR) is 109 cm³/mol. The van der Waals surface area contributed by atoms with Gasteiger partial charge in [0.05, 0.1) is 36.6 Å². The number of nitrogens with one attached hydrogen (secondary N) is 1. The van der Waals surface area contributed by atoms with E-state index in [-0.39, 0.29) is 29.8 Å². The highest BCUT2D eigenvalue weighted by Gasteiger charge is 2.44. The maximum atomic E-state index is 14.0. The molecule has 1 aliphatic carbocycles. The molecule has 3 aliphatic rings. The SMILES string of the molecule is FC1(F)CCC(n2nc(-c3cnc4[nH]cc(C(F)(F)F)c4c3)cc2C2CN(C3COC3)C2)C1. The normalized spacial score (nSPS) is 24.3. The van der Waals surface area contributed by atoms with Crippen LogP contribution in [0, 0.1) is 0 Å². The zero-order chi connectivity index (χ0) is 23.0. The zero-order valence-electron chi connectivity index (χ0n) is 17.6. The van der Waals surface area contributed by atoms with Gasteiger partial charge in [0.1, 0.15) is 5.65 Å². The van der Waals surface area contributed by atoms with Crippen molar-refractivity contribution in [1.29, 1.82) is 0 Å². The Balaban J connectivity index is 1.36. The first-order valence-corrected chi connectivity index (χ1v) is 11.0. The Labute approximate surface area is 185 Å². The van der Waals surface area contributed by atoms with Gasteiger partial charge in [-0.05, 0) is 18.6 Å². The highest BCUT2D eigenvalue weighted by molar-refractivity contribution is 5.84. The molecule has 0 spiro atoms. The average molecular weight is 467 g/mol. The first kappa shape index (κ1) is 21.0. The Hall–Kier alpha value is -2.53. The van der Waals surface area contributed by atoms with Gasteiger partial charge in [-0.3, -0.25) is 9.58 Å². The van der Waals surface area contributed by atoms with Crippen molar-refractivity contribution in [2.24, 2.45) is 0 Å². The first-order valence-electron chi connectivity index (χ1n) is 11.0. The van der Waals surface area contributed by atoms with Crippen molar-refractivity contribution in [3.63, 3.8) is 0 Å². The van der Waals surface area contributed by atoms with E-state index in [0.717, 1.165) is 25.0 Å². The fourth-order valence-corrected chi connectivity index (χ4v) is 5.09. The molecule has 2 saturated heterocycles. The number of ether oxygens (including phenoxy) is 1. The van der Waals surface area contributed by atoms with E-state index in [4.69, 9.17) is 4.74 Å². The van der Waals surface area contributed by atoms with Crippen molar-refractivity contribution in [3.8, 4) is 11.3 Å². The molecule has 0 amide bonds. The molecule has 3 aromatic heterocycles. The van der Waals surface area contributed by atoms with Gasteiger partial charge in [-0.2, -0.15) is 18.3 Å². The second-order valence-electron chi connectivity index (χ2n) is 9.31. The summed E-state index contributed by atoms with van der Waals surface area (Å²) >= 11 is 0. The molecule has 0 aromatic carbocycles. The summed E-state index contributed by atoms with van der Waals surface area (Å²) in [7, 11) is 0. The summed E-state index contributed by atoms with van der Waals surface area (Å²) in [5.41, 5.74) is 1.09. The minimum absolute atomic E-state index is 0.0386. The molecule has 1 N–H and O–H groups in total. The van der Waals surface area contributed by atoms with Crippen molar-refractivity contribution in [2.45, 2.75) is 49.4 Å². The number of likely N-dealkylation sites (tertiary alicyclic amines) is 1. The van der Waals surface area contributed by atoms with Crippen molar-refractivity contribution < 1.29 is 26.7 Å². The Morgan fingerprint density at radius 2 is 1.91 bits per heavy atom. The zero-order valence-corrected chi connectivity index (χ0v) is 17.6. The molecule has 3 aromatic rings. The molecule has 3 fully saturated rings. The number of halogens is 5. The largest absolute Gasteiger partial charge is 0.418 e. The number of alkyl halides is 5. The van der Waals surface area contributed by atoms with Gasteiger partial charge in [0.2, 0.25) is 5.92 Å². The average Bonchev–Trinajstić information content (AvgIpc) is 3.37. The lowest BCUT2D eigenvalue weighted by Crippen LogP contribution is -2.58. The van der Waals surface area contributed by atoms with Gasteiger partial charge in [0.25, 0.3) is 0 Å². The van der Waals surface area contributed by atoms with E-state index in [1.54, 1.807) is 4.68 Å². The Kier molecular flexibility index (Phi) is 4.61. The number of hydrogen-bond donors (Lipinski definition) is 1.